The summed E-state index contributed by atoms with van der Waals surface area (Å²) < 4.78 is 14.6. The van der Waals surface area contributed by atoms with Crippen LogP contribution in [0.15, 0.2) is 58.1 Å². The molecule has 0 unspecified atom stereocenters. The van der Waals surface area contributed by atoms with Crippen LogP contribution < -0.4 is 0 Å². The third kappa shape index (κ3) is 3.36. The second-order valence-electron chi connectivity index (χ2n) is 10.2. The van der Waals surface area contributed by atoms with Gasteiger partial charge in [-0.05, 0) is 91.7 Å². The van der Waals surface area contributed by atoms with Gasteiger partial charge in [-0.1, -0.05) is 40.2 Å². The van der Waals surface area contributed by atoms with E-state index in [9.17, 15) is 9.18 Å². The molecule has 5 aliphatic rings. The lowest BCUT2D eigenvalue weighted by Gasteiger charge is -2.56. The molecule has 4 saturated carbocycles. The van der Waals surface area contributed by atoms with Crippen molar-refractivity contribution in [3.63, 3.8) is 0 Å². The van der Waals surface area contributed by atoms with Crippen molar-refractivity contribution in [2.24, 2.45) is 28.3 Å². The summed E-state index contributed by atoms with van der Waals surface area (Å²) in [5, 5.41) is 6.69. The standard InChI is InChI=1S/C26H26BrFN2O/c27-21-5-1-19(2-6-21)23-12-24(20-3-7-22(28)8-4-20)30(29-23)25(31)26-13-16-9-17(14-26)11-18(10-16)15-26/h1-8,16-18,24H,9-15H2/t16?,17?,18?,24-,26?/m0/s1. The maximum atomic E-state index is 14.1. The van der Waals surface area contributed by atoms with Gasteiger partial charge < -0.3 is 0 Å². The van der Waals surface area contributed by atoms with Gasteiger partial charge in [0.15, 0.2) is 0 Å². The second kappa shape index (κ2) is 7.26. The minimum absolute atomic E-state index is 0.167. The Morgan fingerprint density at radius 2 is 1.52 bits per heavy atom. The third-order valence-corrected chi connectivity index (χ3v) is 8.57. The van der Waals surface area contributed by atoms with Crippen molar-refractivity contribution in [3.8, 4) is 0 Å². The van der Waals surface area contributed by atoms with Gasteiger partial charge in [0.2, 0.25) is 5.91 Å². The Morgan fingerprint density at radius 1 is 0.935 bits per heavy atom. The molecule has 4 bridgehead atoms. The van der Waals surface area contributed by atoms with Crippen molar-refractivity contribution in [3.05, 3.63) is 69.9 Å². The zero-order valence-corrected chi connectivity index (χ0v) is 19.0. The number of amides is 1. The van der Waals surface area contributed by atoms with Gasteiger partial charge in [0.1, 0.15) is 5.82 Å². The largest absolute Gasteiger partial charge is 0.272 e. The minimum Gasteiger partial charge on any atom is -0.272 e. The van der Waals surface area contributed by atoms with E-state index < -0.39 is 0 Å². The van der Waals surface area contributed by atoms with Crippen molar-refractivity contribution >= 4 is 27.5 Å². The summed E-state index contributed by atoms with van der Waals surface area (Å²) >= 11 is 3.49. The summed E-state index contributed by atoms with van der Waals surface area (Å²) in [5.74, 6) is 2.06. The van der Waals surface area contributed by atoms with Crippen molar-refractivity contribution in [1.82, 2.24) is 5.01 Å². The van der Waals surface area contributed by atoms with E-state index in [1.807, 2.05) is 24.3 Å². The van der Waals surface area contributed by atoms with Crippen LogP contribution >= 0.6 is 15.9 Å². The highest BCUT2D eigenvalue weighted by Gasteiger charge is 2.57. The highest BCUT2D eigenvalue weighted by molar-refractivity contribution is 9.10. The Bertz CT molecular complexity index is 1010. The van der Waals surface area contributed by atoms with Crippen LogP contribution in [0.1, 0.15) is 62.1 Å². The Labute approximate surface area is 190 Å². The smallest absolute Gasteiger partial charge is 0.249 e. The van der Waals surface area contributed by atoms with Gasteiger partial charge in [-0.15, -0.1) is 0 Å². The number of nitrogens with zero attached hydrogens (tertiary/aromatic N) is 2. The molecule has 2 aromatic carbocycles. The molecule has 1 heterocycles. The average molecular weight is 481 g/mol. The number of hydrazone groups is 1. The fraction of sp³-hybridized carbons (Fsp3) is 0.462. The predicted octanol–water partition coefficient (Wildman–Crippen LogP) is 6.48. The highest BCUT2D eigenvalue weighted by atomic mass is 79.9. The minimum atomic E-state index is -0.255. The zero-order chi connectivity index (χ0) is 21.2. The molecule has 2 aromatic rings. The normalized spacial score (nSPS) is 33.6. The van der Waals surface area contributed by atoms with Gasteiger partial charge in [0.25, 0.3) is 0 Å². The number of rotatable bonds is 3. The van der Waals surface area contributed by atoms with Crippen LogP contribution in [0.3, 0.4) is 0 Å². The first kappa shape index (κ1) is 19.7. The molecule has 1 aliphatic heterocycles. The van der Waals surface area contributed by atoms with Crippen molar-refractivity contribution in [1.29, 1.82) is 0 Å². The van der Waals surface area contributed by atoms with E-state index in [2.05, 4.69) is 15.9 Å². The summed E-state index contributed by atoms with van der Waals surface area (Å²) in [6, 6.07) is 14.5. The third-order valence-electron chi connectivity index (χ3n) is 8.04. The van der Waals surface area contributed by atoms with Crippen LogP contribution in [0, 0.1) is 29.0 Å². The number of carbonyl (C=O) groups excluding carboxylic acids is 1. The highest BCUT2D eigenvalue weighted by Crippen LogP contribution is 2.61. The Hall–Kier alpha value is -2.01. The monoisotopic (exact) mass is 480 g/mol. The number of benzene rings is 2. The molecule has 160 valence electrons. The Kier molecular flexibility index (Phi) is 4.60. The van der Waals surface area contributed by atoms with Crippen LogP contribution in [-0.2, 0) is 4.79 Å². The SMILES string of the molecule is O=C(N1N=C(c2ccc(Br)cc2)C[C@H]1c1ccc(F)cc1)C12CC3CC(CC(C3)C1)C2. The van der Waals surface area contributed by atoms with Crippen LogP contribution in [0.25, 0.3) is 0 Å². The van der Waals surface area contributed by atoms with Gasteiger partial charge in [-0.3, -0.25) is 4.79 Å². The van der Waals surface area contributed by atoms with Gasteiger partial charge in [-0.25, -0.2) is 9.40 Å². The van der Waals surface area contributed by atoms with E-state index >= 15 is 0 Å². The number of hydrogen-bond donors (Lipinski definition) is 0. The van der Waals surface area contributed by atoms with E-state index in [-0.39, 0.29) is 23.2 Å². The fourth-order valence-electron chi connectivity index (χ4n) is 7.07. The summed E-state index contributed by atoms with van der Waals surface area (Å²) in [6.45, 7) is 0. The molecule has 0 radical (unpaired) electrons. The lowest BCUT2D eigenvalue weighted by molar-refractivity contribution is -0.159. The molecule has 4 aliphatic carbocycles. The summed E-state index contributed by atoms with van der Waals surface area (Å²) in [6.07, 6.45) is 7.64. The molecule has 0 spiro atoms. The van der Waals surface area contributed by atoms with Crippen molar-refractivity contribution in [2.75, 3.05) is 0 Å². The number of halogens is 2. The van der Waals surface area contributed by atoms with Gasteiger partial charge >= 0.3 is 0 Å². The summed E-state index contributed by atoms with van der Waals surface area (Å²) in [5.41, 5.74) is 2.68. The van der Waals surface area contributed by atoms with Crippen LogP contribution in [0.5, 0.6) is 0 Å². The first-order valence-electron chi connectivity index (χ1n) is 11.4. The molecule has 3 nitrogen and oxygen atoms in total. The lowest BCUT2D eigenvalue weighted by atomic mass is 9.49. The molecule has 7 rings (SSSR count). The van der Waals surface area contributed by atoms with Gasteiger partial charge in [0.05, 0.1) is 17.2 Å². The number of carbonyl (C=O) groups is 1. The van der Waals surface area contributed by atoms with Crippen LogP contribution in [0.2, 0.25) is 0 Å². The molecule has 1 atom stereocenters. The molecule has 0 saturated heterocycles. The van der Waals surface area contributed by atoms with E-state index in [4.69, 9.17) is 5.10 Å². The van der Waals surface area contributed by atoms with Crippen LogP contribution in [-0.4, -0.2) is 16.6 Å². The Morgan fingerprint density at radius 3 is 2.10 bits per heavy atom. The molecular formula is C26H26BrFN2O. The summed E-state index contributed by atoms with van der Waals surface area (Å²) in [7, 11) is 0. The number of hydrogen-bond acceptors (Lipinski definition) is 2. The molecule has 31 heavy (non-hydrogen) atoms. The van der Waals surface area contributed by atoms with Crippen molar-refractivity contribution < 1.29 is 9.18 Å². The molecule has 0 aromatic heterocycles. The summed E-state index contributed by atoms with van der Waals surface area (Å²) in [4.78, 5) is 14.1. The van der Waals surface area contributed by atoms with E-state index in [1.54, 1.807) is 17.1 Å². The van der Waals surface area contributed by atoms with Gasteiger partial charge in [-0.2, -0.15) is 5.10 Å². The maximum Gasteiger partial charge on any atom is 0.249 e. The Balaban J connectivity index is 1.37. The molecule has 0 N–H and O–H groups in total. The fourth-order valence-corrected chi connectivity index (χ4v) is 7.34. The van der Waals surface area contributed by atoms with E-state index in [1.165, 1.54) is 31.4 Å². The molecule has 5 heteroatoms. The maximum absolute atomic E-state index is 14.1. The molecule has 4 fully saturated rings. The first-order valence-corrected chi connectivity index (χ1v) is 12.2. The average Bonchev–Trinajstić information content (AvgIpc) is 3.18. The van der Waals surface area contributed by atoms with E-state index in [0.29, 0.717) is 24.2 Å². The predicted molar refractivity (Wildman–Crippen MR) is 122 cm³/mol. The molecule has 1 amide bonds. The van der Waals surface area contributed by atoms with Crippen LogP contribution in [0.4, 0.5) is 4.39 Å². The van der Waals surface area contributed by atoms with Gasteiger partial charge in [0, 0.05) is 10.9 Å². The zero-order valence-electron chi connectivity index (χ0n) is 17.4. The second-order valence-corrected chi connectivity index (χ2v) is 11.1. The molecular weight excluding hydrogens is 455 g/mol. The first-order chi connectivity index (χ1) is 15.0. The van der Waals surface area contributed by atoms with E-state index in [0.717, 1.165) is 40.6 Å². The lowest BCUT2D eigenvalue weighted by Crippen LogP contribution is -2.53. The quantitative estimate of drug-likeness (QED) is 0.494. The topological polar surface area (TPSA) is 32.7 Å². The van der Waals surface area contributed by atoms with Crippen molar-refractivity contribution in [2.45, 2.75) is 51.0 Å².